The normalized spacial score (nSPS) is 11.5. The fraction of sp³-hybridized carbons (Fsp3) is 0.231. The summed E-state index contributed by atoms with van der Waals surface area (Å²) in [4.78, 5) is 35.9. The topological polar surface area (TPSA) is 87.8 Å². The number of imidazole rings is 1. The van der Waals surface area contributed by atoms with Crippen LogP contribution in [-0.4, -0.2) is 23.7 Å². The summed E-state index contributed by atoms with van der Waals surface area (Å²) in [6.45, 7) is 4.90. The minimum absolute atomic E-state index is 0.0695. The Hall–Kier alpha value is -4.27. The van der Waals surface area contributed by atoms with E-state index < -0.39 is 11.2 Å². The monoisotopic (exact) mass is 473 g/mol. The lowest BCUT2D eigenvalue weighted by atomic mass is 10.2. The van der Waals surface area contributed by atoms with E-state index in [1.807, 2.05) is 30.3 Å². The van der Waals surface area contributed by atoms with Gasteiger partial charge in [0.25, 0.3) is 5.56 Å². The third-order valence-electron chi connectivity index (χ3n) is 5.69. The first-order valence-corrected chi connectivity index (χ1v) is 11.3. The van der Waals surface area contributed by atoms with Gasteiger partial charge in [0.15, 0.2) is 11.2 Å². The lowest BCUT2D eigenvalue weighted by molar-refractivity contribution is 0.529. The molecule has 0 unspecified atom stereocenters. The van der Waals surface area contributed by atoms with E-state index in [9.17, 15) is 14.0 Å². The average Bonchev–Trinajstić information content (AvgIpc) is 3.48. The number of rotatable bonds is 7. The van der Waals surface area contributed by atoms with Gasteiger partial charge in [-0.15, -0.1) is 0 Å². The van der Waals surface area contributed by atoms with E-state index in [2.05, 4.69) is 23.8 Å². The Kier molecular flexibility index (Phi) is 5.90. The van der Waals surface area contributed by atoms with Crippen LogP contribution in [0.3, 0.4) is 0 Å². The Bertz CT molecular complexity index is 1590. The molecule has 0 amide bonds. The summed E-state index contributed by atoms with van der Waals surface area (Å²) in [6.07, 6.45) is 3.02. The maximum Gasteiger partial charge on any atom is 0.333 e. The van der Waals surface area contributed by atoms with Crippen LogP contribution in [0, 0.1) is 11.7 Å². The first kappa shape index (κ1) is 22.5. The maximum atomic E-state index is 13.5. The van der Waals surface area contributed by atoms with E-state index in [1.54, 1.807) is 23.0 Å². The molecular weight excluding hydrogens is 449 g/mol. The largest absolute Gasteiger partial charge is 0.444 e. The Balaban J connectivity index is 1.61. The summed E-state index contributed by atoms with van der Waals surface area (Å²) in [5, 5.41) is 0. The van der Waals surface area contributed by atoms with Crippen molar-refractivity contribution in [1.82, 2.24) is 23.7 Å². The van der Waals surface area contributed by atoms with Crippen LogP contribution >= 0.6 is 0 Å². The van der Waals surface area contributed by atoms with Gasteiger partial charge in [-0.3, -0.25) is 13.9 Å². The molecule has 0 bridgehead atoms. The zero-order valence-electron chi connectivity index (χ0n) is 19.4. The molecule has 0 spiro atoms. The highest BCUT2D eigenvalue weighted by Crippen LogP contribution is 2.19. The lowest BCUT2D eigenvalue weighted by Gasteiger charge is -2.13. The number of aromatic nitrogens is 5. The average molecular weight is 474 g/mol. The number of nitrogens with zero attached hydrogens (tertiary/aromatic N) is 5. The summed E-state index contributed by atoms with van der Waals surface area (Å²) in [7, 11) is 0. The first-order valence-electron chi connectivity index (χ1n) is 11.3. The number of hydrogen-bond acceptors (Lipinski definition) is 5. The molecule has 0 fully saturated rings. The molecule has 9 heteroatoms. The van der Waals surface area contributed by atoms with Crippen LogP contribution in [-0.2, 0) is 19.6 Å². The number of halogens is 1. The predicted molar refractivity (Wildman–Crippen MR) is 130 cm³/mol. The van der Waals surface area contributed by atoms with Crippen molar-refractivity contribution in [1.29, 1.82) is 0 Å². The SMILES string of the molecule is CC(C)Cn1cnc2c1c(=O)n(Cc1coc(-c3ccc(F)cc3)n1)c(=O)n2Cc1ccccc1. The van der Waals surface area contributed by atoms with Crippen molar-refractivity contribution in [3.8, 4) is 11.5 Å². The summed E-state index contributed by atoms with van der Waals surface area (Å²) in [6, 6.07) is 15.3. The second-order valence-electron chi connectivity index (χ2n) is 8.86. The molecule has 0 radical (unpaired) electrons. The molecule has 3 aromatic heterocycles. The first-order chi connectivity index (χ1) is 16.9. The highest BCUT2D eigenvalue weighted by Gasteiger charge is 2.20. The molecule has 0 N–H and O–H groups in total. The Morgan fingerprint density at radius 1 is 0.971 bits per heavy atom. The van der Waals surface area contributed by atoms with Crippen molar-refractivity contribution in [2.45, 2.75) is 33.5 Å². The standard InChI is InChI=1S/C26H24FN5O3/c1-17(2)12-30-16-28-23-22(30)25(33)32(26(34)31(23)13-18-6-4-3-5-7-18)14-21-15-35-24(29-21)19-8-10-20(27)11-9-19/h3-11,15-17H,12-14H2,1-2H3. The molecule has 35 heavy (non-hydrogen) atoms. The van der Waals surface area contributed by atoms with Crippen LogP contribution in [0.2, 0.25) is 0 Å². The predicted octanol–water partition coefficient (Wildman–Crippen LogP) is 3.91. The molecule has 8 nitrogen and oxygen atoms in total. The van der Waals surface area contributed by atoms with Crippen molar-refractivity contribution in [2.24, 2.45) is 5.92 Å². The van der Waals surface area contributed by atoms with E-state index in [1.165, 1.54) is 23.0 Å². The Morgan fingerprint density at radius 2 is 1.71 bits per heavy atom. The summed E-state index contributed by atoms with van der Waals surface area (Å²) in [5.74, 6) is 0.199. The van der Waals surface area contributed by atoms with Gasteiger partial charge in [-0.05, 0) is 35.7 Å². The van der Waals surface area contributed by atoms with Crippen molar-refractivity contribution in [2.75, 3.05) is 0 Å². The Labute approximate surface area is 199 Å². The van der Waals surface area contributed by atoms with Gasteiger partial charge in [0.1, 0.15) is 12.1 Å². The molecule has 2 aromatic carbocycles. The fourth-order valence-electron chi connectivity index (χ4n) is 4.09. The van der Waals surface area contributed by atoms with E-state index in [0.29, 0.717) is 29.0 Å². The molecule has 3 heterocycles. The smallest absolute Gasteiger partial charge is 0.333 e. The van der Waals surface area contributed by atoms with Gasteiger partial charge in [0, 0.05) is 12.1 Å². The van der Waals surface area contributed by atoms with Gasteiger partial charge >= 0.3 is 5.69 Å². The maximum absolute atomic E-state index is 13.5. The molecule has 0 saturated carbocycles. The number of hydrogen-bond donors (Lipinski definition) is 0. The molecule has 5 aromatic rings. The Morgan fingerprint density at radius 3 is 2.43 bits per heavy atom. The van der Waals surface area contributed by atoms with Crippen LogP contribution in [0.5, 0.6) is 0 Å². The van der Waals surface area contributed by atoms with Gasteiger partial charge < -0.3 is 8.98 Å². The fourth-order valence-corrected chi connectivity index (χ4v) is 4.09. The summed E-state index contributed by atoms with van der Waals surface area (Å²) >= 11 is 0. The van der Waals surface area contributed by atoms with Crippen molar-refractivity contribution in [3.63, 3.8) is 0 Å². The van der Waals surface area contributed by atoms with Crippen LogP contribution < -0.4 is 11.2 Å². The van der Waals surface area contributed by atoms with Gasteiger partial charge in [-0.25, -0.2) is 19.2 Å². The zero-order valence-corrected chi connectivity index (χ0v) is 19.4. The van der Waals surface area contributed by atoms with Gasteiger partial charge in [-0.2, -0.15) is 0 Å². The minimum Gasteiger partial charge on any atom is -0.444 e. The van der Waals surface area contributed by atoms with Crippen LogP contribution in [0.25, 0.3) is 22.6 Å². The number of oxazole rings is 1. The van der Waals surface area contributed by atoms with E-state index >= 15 is 0 Å². The summed E-state index contributed by atoms with van der Waals surface area (Å²) in [5.41, 5.74) is 1.73. The second-order valence-corrected chi connectivity index (χ2v) is 8.86. The molecule has 178 valence electrons. The number of benzene rings is 2. The second kappa shape index (κ2) is 9.17. The van der Waals surface area contributed by atoms with Gasteiger partial charge in [0.05, 0.1) is 25.1 Å². The highest BCUT2D eigenvalue weighted by molar-refractivity contribution is 5.70. The minimum atomic E-state index is -0.479. The third-order valence-corrected chi connectivity index (χ3v) is 5.69. The molecule has 0 aliphatic carbocycles. The molecule has 0 aliphatic rings. The van der Waals surface area contributed by atoms with E-state index in [-0.39, 0.29) is 30.7 Å². The van der Waals surface area contributed by atoms with Crippen LogP contribution in [0.15, 0.2) is 81.2 Å². The molecule has 5 rings (SSSR count). The van der Waals surface area contributed by atoms with Crippen LogP contribution in [0.1, 0.15) is 25.1 Å². The van der Waals surface area contributed by atoms with Gasteiger partial charge in [-0.1, -0.05) is 44.2 Å². The lowest BCUT2D eigenvalue weighted by Crippen LogP contribution is -2.41. The quantitative estimate of drug-likeness (QED) is 0.358. The highest BCUT2D eigenvalue weighted by atomic mass is 19.1. The molecule has 0 aliphatic heterocycles. The molecule has 0 atom stereocenters. The number of fused-ring (bicyclic) bond motifs is 1. The van der Waals surface area contributed by atoms with Crippen molar-refractivity contribution < 1.29 is 8.81 Å². The zero-order chi connectivity index (χ0) is 24.5. The van der Waals surface area contributed by atoms with E-state index in [0.717, 1.165) is 10.1 Å². The molecule has 0 saturated heterocycles. The van der Waals surface area contributed by atoms with Crippen molar-refractivity contribution >= 4 is 11.2 Å². The van der Waals surface area contributed by atoms with E-state index in [4.69, 9.17) is 4.42 Å². The van der Waals surface area contributed by atoms with Crippen molar-refractivity contribution in [3.05, 3.63) is 105 Å². The van der Waals surface area contributed by atoms with Crippen LogP contribution in [0.4, 0.5) is 4.39 Å². The molecular formula is C26H24FN5O3. The summed E-state index contributed by atoms with van der Waals surface area (Å²) < 4.78 is 23.3. The van der Waals surface area contributed by atoms with Gasteiger partial charge in [0.2, 0.25) is 5.89 Å². The third kappa shape index (κ3) is 4.44.